The van der Waals surface area contributed by atoms with Gasteiger partial charge in [0.25, 0.3) is 0 Å². The minimum Gasteiger partial charge on any atom is -0.354 e. The summed E-state index contributed by atoms with van der Waals surface area (Å²) in [6, 6.07) is 22.0. The smallest absolute Gasteiger partial charge is 0.319 e. The monoisotopic (exact) mass is 433 g/mol. The molecule has 160 valence electrons. The highest BCUT2D eigenvalue weighted by molar-refractivity contribution is 6.33. The van der Waals surface area contributed by atoms with E-state index in [4.69, 9.17) is 11.6 Å². The van der Waals surface area contributed by atoms with Crippen molar-refractivity contribution >= 4 is 34.7 Å². The molecule has 1 aliphatic rings. The molecule has 0 spiro atoms. The molecule has 0 heterocycles. The highest BCUT2D eigenvalue weighted by Crippen LogP contribution is 2.34. The van der Waals surface area contributed by atoms with Crippen molar-refractivity contribution < 1.29 is 4.79 Å². The van der Waals surface area contributed by atoms with Gasteiger partial charge in [0.15, 0.2) is 0 Å². The van der Waals surface area contributed by atoms with E-state index in [1.807, 2.05) is 54.6 Å². The average Bonchev–Trinajstić information content (AvgIpc) is 2.77. The summed E-state index contributed by atoms with van der Waals surface area (Å²) in [5, 5.41) is 10.2. The van der Waals surface area contributed by atoms with Gasteiger partial charge in [-0.25, -0.2) is 4.79 Å². The Labute approximate surface area is 189 Å². The number of amides is 2. The van der Waals surface area contributed by atoms with Crippen LogP contribution in [0.5, 0.6) is 0 Å². The second-order valence-electron chi connectivity index (χ2n) is 8.11. The molecule has 1 saturated carbocycles. The lowest BCUT2D eigenvalue weighted by Crippen LogP contribution is -2.39. The number of carbonyl (C=O) groups is 1. The van der Waals surface area contributed by atoms with E-state index in [0.717, 1.165) is 41.0 Å². The Morgan fingerprint density at radius 2 is 1.58 bits per heavy atom. The Balaban J connectivity index is 1.48. The van der Waals surface area contributed by atoms with E-state index >= 15 is 0 Å². The summed E-state index contributed by atoms with van der Waals surface area (Å²) in [5.41, 5.74) is 5.73. The van der Waals surface area contributed by atoms with E-state index in [0.29, 0.717) is 5.02 Å². The van der Waals surface area contributed by atoms with Gasteiger partial charge >= 0.3 is 6.03 Å². The second-order valence-corrected chi connectivity index (χ2v) is 8.52. The predicted molar refractivity (Wildman–Crippen MR) is 130 cm³/mol. The van der Waals surface area contributed by atoms with Gasteiger partial charge in [-0.05, 0) is 55.2 Å². The van der Waals surface area contributed by atoms with E-state index in [2.05, 4.69) is 35.0 Å². The van der Waals surface area contributed by atoms with Crippen molar-refractivity contribution in [3.8, 4) is 11.1 Å². The SMILES string of the molecule is Cc1ccccc1-c1ccc(Nc2ccccc2NC(=O)NC2CCCCC2)cc1Cl. The standard InChI is InChI=1S/C26H28ClN3O/c1-18-9-5-6-12-21(18)22-16-15-20(17-23(22)27)28-24-13-7-8-14-25(24)30-26(31)29-19-10-3-2-4-11-19/h5-9,12-17,19,28H,2-4,10-11H2,1H3,(H2,29,30,31). The summed E-state index contributed by atoms with van der Waals surface area (Å²) >= 11 is 6.61. The van der Waals surface area contributed by atoms with E-state index in [9.17, 15) is 4.79 Å². The van der Waals surface area contributed by atoms with Crippen molar-refractivity contribution in [1.29, 1.82) is 0 Å². The number of hydrogen-bond donors (Lipinski definition) is 3. The number of carbonyl (C=O) groups excluding carboxylic acids is 1. The van der Waals surface area contributed by atoms with Gasteiger partial charge in [0.1, 0.15) is 0 Å². The van der Waals surface area contributed by atoms with Crippen molar-refractivity contribution in [3.63, 3.8) is 0 Å². The van der Waals surface area contributed by atoms with Gasteiger partial charge in [-0.1, -0.05) is 73.3 Å². The van der Waals surface area contributed by atoms with Crippen LogP contribution in [0.15, 0.2) is 66.7 Å². The molecule has 0 radical (unpaired) electrons. The van der Waals surface area contributed by atoms with Crippen LogP contribution < -0.4 is 16.0 Å². The summed E-state index contributed by atoms with van der Waals surface area (Å²) in [4.78, 5) is 12.5. The zero-order valence-corrected chi connectivity index (χ0v) is 18.5. The number of aryl methyl sites for hydroxylation is 1. The van der Waals surface area contributed by atoms with E-state index in [1.54, 1.807) is 0 Å². The highest BCUT2D eigenvalue weighted by atomic mass is 35.5. The van der Waals surface area contributed by atoms with E-state index < -0.39 is 0 Å². The quantitative estimate of drug-likeness (QED) is 0.389. The summed E-state index contributed by atoms with van der Waals surface area (Å²) < 4.78 is 0. The van der Waals surface area contributed by atoms with Gasteiger partial charge in [0, 0.05) is 17.3 Å². The molecule has 4 rings (SSSR count). The summed E-state index contributed by atoms with van der Waals surface area (Å²) in [7, 11) is 0. The minimum absolute atomic E-state index is 0.158. The van der Waals surface area contributed by atoms with Crippen LogP contribution >= 0.6 is 11.6 Å². The lowest BCUT2D eigenvalue weighted by atomic mass is 9.96. The number of para-hydroxylation sites is 2. The van der Waals surface area contributed by atoms with Gasteiger partial charge in [0.2, 0.25) is 0 Å². The number of nitrogens with one attached hydrogen (secondary N) is 3. The van der Waals surface area contributed by atoms with Crippen LogP contribution in [-0.4, -0.2) is 12.1 Å². The van der Waals surface area contributed by atoms with Crippen LogP contribution in [0.4, 0.5) is 21.9 Å². The zero-order valence-electron chi connectivity index (χ0n) is 17.7. The van der Waals surface area contributed by atoms with Gasteiger partial charge in [0.05, 0.1) is 16.4 Å². The molecule has 31 heavy (non-hydrogen) atoms. The average molecular weight is 434 g/mol. The third-order valence-electron chi connectivity index (χ3n) is 5.80. The minimum atomic E-state index is -0.158. The Morgan fingerprint density at radius 3 is 2.32 bits per heavy atom. The van der Waals surface area contributed by atoms with Gasteiger partial charge < -0.3 is 16.0 Å². The number of benzene rings is 3. The van der Waals surface area contributed by atoms with Crippen LogP contribution in [0.25, 0.3) is 11.1 Å². The van der Waals surface area contributed by atoms with Gasteiger partial charge in [-0.15, -0.1) is 0 Å². The van der Waals surface area contributed by atoms with Crippen LogP contribution in [-0.2, 0) is 0 Å². The Morgan fingerprint density at radius 1 is 0.871 bits per heavy atom. The van der Waals surface area contributed by atoms with Crippen LogP contribution in [0, 0.1) is 6.92 Å². The van der Waals surface area contributed by atoms with E-state index in [1.165, 1.54) is 24.8 Å². The van der Waals surface area contributed by atoms with Crippen molar-refractivity contribution in [2.45, 2.75) is 45.1 Å². The van der Waals surface area contributed by atoms with Crippen LogP contribution in [0.3, 0.4) is 0 Å². The molecule has 0 atom stereocenters. The first kappa shape index (κ1) is 21.3. The number of hydrogen-bond acceptors (Lipinski definition) is 2. The first-order valence-electron chi connectivity index (χ1n) is 10.9. The molecule has 3 aromatic carbocycles. The van der Waals surface area contributed by atoms with Gasteiger partial charge in [-0.3, -0.25) is 0 Å². The molecule has 0 aliphatic heterocycles. The maximum atomic E-state index is 12.5. The van der Waals surface area contributed by atoms with Crippen molar-refractivity contribution in [2.75, 3.05) is 10.6 Å². The van der Waals surface area contributed by atoms with Crippen LogP contribution in [0.1, 0.15) is 37.7 Å². The maximum absolute atomic E-state index is 12.5. The molecule has 5 heteroatoms. The topological polar surface area (TPSA) is 53.2 Å². The molecule has 0 aromatic heterocycles. The maximum Gasteiger partial charge on any atom is 0.319 e. The number of halogens is 1. The van der Waals surface area contributed by atoms with Crippen molar-refractivity contribution in [2.24, 2.45) is 0 Å². The number of urea groups is 1. The highest BCUT2D eigenvalue weighted by Gasteiger charge is 2.16. The summed E-state index contributed by atoms with van der Waals surface area (Å²) in [5.74, 6) is 0. The third-order valence-corrected chi connectivity index (χ3v) is 6.11. The largest absolute Gasteiger partial charge is 0.354 e. The Bertz CT molecular complexity index is 1060. The number of anilines is 3. The molecule has 0 bridgehead atoms. The fourth-order valence-corrected chi connectivity index (χ4v) is 4.42. The molecule has 2 amide bonds. The summed E-state index contributed by atoms with van der Waals surface area (Å²) in [6.07, 6.45) is 5.74. The molecular formula is C26H28ClN3O. The lowest BCUT2D eigenvalue weighted by Gasteiger charge is -2.23. The van der Waals surface area contributed by atoms with Gasteiger partial charge in [-0.2, -0.15) is 0 Å². The molecule has 1 aliphatic carbocycles. The van der Waals surface area contributed by atoms with E-state index in [-0.39, 0.29) is 12.1 Å². The summed E-state index contributed by atoms with van der Waals surface area (Å²) in [6.45, 7) is 2.08. The van der Waals surface area contributed by atoms with Crippen LogP contribution in [0.2, 0.25) is 5.02 Å². The zero-order chi connectivity index (χ0) is 21.6. The Hall–Kier alpha value is -2.98. The second kappa shape index (κ2) is 9.88. The predicted octanol–water partition coefficient (Wildman–Crippen LogP) is 7.51. The molecule has 0 unspecified atom stereocenters. The molecule has 3 aromatic rings. The molecule has 0 saturated heterocycles. The van der Waals surface area contributed by atoms with Crippen molar-refractivity contribution in [3.05, 3.63) is 77.3 Å². The molecular weight excluding hydrogens is 406 g/mol. The molecule has 3 N–H and O–H groups in total. The molecule has 4 nitrogen and oxygen atoms in total. The lowest BCUT2D eigenvalue weighted by molar-refractivity contribution is 0.244. The Kier molecular flexibility index (Phi) is 6.78. The fourth-order valence-electron chi connectivity index (χ4n) is 4.13. The molecule has 1 fully saturated rings. The third kappa shape index (κ3) is 5.39. The number of rotatable bonds is 5. The fraction of sp³-hybridized carbons (Fsp3) is 0.269. The first-order valence-corrected chi connectivity index (χ1v) is 11.3. The normalized spacial score (nSPS) is 14.1. The first-order chi connectivity index (χ1) is 15.1. The van der Waals surface area contributed by atoms with Crippen molar-refractivity contribution in [1.82, 2.24) is 5.32 Å².